The number of imidazole rings is 1. The molecule has 0 bridgehead atoms. The molecule has 0 saturated heterocycles. The summed E-state index contributed by atoms with van der Waals surface area (Å²) < 4.78 is 15.3. The lowest BCUT2D eigenvalue weighted by Gasteiger charge is -2.06. The largest absolute Gasteiger partial charge is 0.326 e. The average molecular weight is 254 g/mol. The van der Waals surface area contributed by atoms with E-state index in [1.165, 1.54) is 17.2 Å². The third-order valence-electron chi connectivity index (χ3n) is 3.48. The molecule has 3 rings (SSSR count). The number of aryl methyl sites for hydroxylation is 2. The smallest absolute Gasteiger partial charge is 0.123 e. The molecular weight excluding hydrogens is 239 g/mol. The molecule has 1 aromatic heterocycles. The fraction of sp³-hybridized carbons (Fsp3) is 0.188. The Balaban J connectivity index is 2.04. The van der Waals surface area contributed by atoms with Crippen molar-refractivity contribution < 1.29 is 4.39 Å². The van der Waals surface area contributed by atoms with Gasteiger partial charge in [-0.2, -0.15) is 0 Å². The molecule has 0 amide bonds. The highest BCUT2D eigenvalue weighted by Gasteiger charge is 2.06. The Hall–Kier alpha value is -2.16. The Morgan fingerprint density at radius 1 is 1.11 bits per heavy atom. The summed E-state index contributed by atoms with van der Waals surface area (Å²) in [5.41, 5.74) is 5.50. The summed E-state index contributed by atoms with van der Waals surface area (Å²) in [6, 6.07) is 10.9. The standard InChI is InChI=1S/C16H15FN2/c1-11-6-15-16(7-12(11)2)19(10-18-15)9-13-4-3-5-14(17)8-13/h3-8,10H,9H2,1-2H3. The fourth-order valence-corrected chi connectivity index (χ4v) is 2.27. The normalized spacial score (nSPS) is 11.1. The number of rotatable bonds is 2. The van der Waals surface area contributed by atoms with Gasteiger partial charge in [-0.15, -0.1) is 0 Å². The second-order valence-corrected chi connectivity index (χ2v) is 4.93. The van der Waals surface area contributed by atoms with E-state index in [1.807, 2.05) is 12.4 Å². The van der Waals surface area contributed by atoms with Crippen LogP contribution in [0.4, 0.5) is 4.39 Å². The molecule has 0 N–H and O–H groups in total. The Morgan fingerprint density at radius 3 is 2.68 bits per heavy atom. The van der Waals surface area contributed by atoms with Crippen LogP contribution in [0.5, 0.6) is 0 Å². The Bertz CT molecular complexity index is 744. The van der Waals surface area contributed by atoms with Crippen molar-refractivity contribution in [1.82, 2.24) is 9.55 Å². The number of fused-ring (bicyclic) bond motifs is 1. The van der Waals surface area contributed by atoms with Crippen LogP contribution in [0.3, 0.4) is 0 Å². The minimum atomic E-state index is -0.200. The van der Waals surface area contributed by atoms with Gasteiger partial charge in [0.25, 0.3) is 0 Å². The lowest BCUT2D eigenvalue weighted by molar-refractivity contribution is 0.624. The van der Waals surface area contributed by atoms with Crippen LogP contribution < -0.4 is 0 Å². The van der Waals surface area contributed by atoms with Crippen LogP contribution in [0.2, 0.25) is 0 Å². The van der Waals surface area contributed by atoms with E-state index in [-0.39, 0.29) is 5.82 Å². The van der Waals surface area contributed by atoms with Gasteiger partial charge in [0.1, 0.15) is 5.82 Å². The van der Waals surface area contributed by atoms with Gasteiger partial charge in [-0.05, 0) is 54.8 Å². The van der Waals surface area contributed by atoms with Crippen LogP contribution in [0, 0.1) is 19.7 Å². The van der Waals surface area contributed by atoms with Gasteiger partial charge < -0.3 is 4.57 Å². The Morgan fingerprint density at radius 2 is 1.89 bits per heavy atom. The van der Waals surface area contributed by atoms with Crippen LogP contribution in [0.25, 0.3) is 11.0 Å². The van der Waals surface area contributed by atoms with E-state index < -0.39 is 0 Å². The first kappa shape index (κ1) is 11.9. The molecule has 0 aliphatic rings. The monoisotopic (exact) mass is 254 g/mol. The van der Waals surface area contributed by atoms with Crippen molar-refractivity contribution >= 4 is 11.0 Å². The summed E-state index contributed by atoms with van der Waals surface area (Å²) in [4.78, 5) is 4.41. The van der Waals surface area contributed by atoms with Crippen molar-refractivity contribution in [3.05, 3.63) is 65.2 Å². The number of benzene rings is 2. The highest BCUT2D eigenvalue weighted by Crippen LogP contribution is 2.19. The third kappa shape index (κ3) is 2.24. The molecule has 3 heteroatoms. The lowest BCUT2D eigenvalue weighted by atomic mass is 10.1. The minimum absolute atomic E-state index is 0.200. The van der Waals surface area contributed by atoms with Crippen LogP contribution in [-0.2, 0) is 6.54 Å². The maximum absolute atomic E-state index is 13.2. The molecule has 19 heavy (non-hydrogen) atoms. The van der Waals surface area contributed by atoms with Crippen molar-refractivity contribution in [2.24, 2.45) is 0 Å². The van der Waals surface area contributed by atoms with E-state index >= 15 is 0 Å². The highest BCUT2D eigenvalue weighted by atomic mass is 19.1. The average Bonchev–Trinajstić information content (AvgIpc) is 2.73. The summed E-state index contributed by atoms with van der Waals surface area (Å²) in [7, 11) is 0. The van der Waals surface area contributed by atoms with E-state index in [0.717, 1.165) is 16.6 Å². The second kappa shape index (κ2) is 4.50. The molecule has 0 unspecified atom stereocenters. The summed E-state index contributed by atoms with van der Waals surface area (Å²) >= 11 is 0. The third-order valence-corrected chi connectivity index (χ3v) is 3.48. The molecule has 0 radical (unpaired) electrons. The summed E-state index contributed by atoms with van der Waals surface area (Å²) in [5, 5.41) is 0. The topological polar surface area (TPSA) is 17.8 Å². The lowest BCUT2D eigenvalue weighted by Crippen LogP contribution is -1.98. The maximum Gasteiger partial charge on any atom is 0.123 e. The van der Waals surface area contributed by atoms with E-state index in [9.17, 15) is 4.39 Å². The van der Waals surface area contributed by atoms with Gasteiger partial charge >= 0.3 is 0 Å². The van der Waals surface area contributed by atoms with Gasteiger partial charge in [0.15, 0.2) is 0 Å². The van der Waals surface area contributed by atoms with Gasteiger partial charge in [0.05, 0.1) is 17.4 Å². The molecule has 0 spiro atoms. The van der Waals surface area contributed by atoms with Gasteiger partial charge in [-0.25, -0.2) is 9.37 Å². The van der Waals surface area contributed by atoms with Gasteiger partial charge in [-0.1, -0.05) is 12.1 Å². The van der Waals surface area contributed by atoms with Crippen LogP contribution in [0.15, 0.2) is 42.7 Å². The van der Waals surface area contributed by atoms with Gasteiger partial charge in [0, 0.05) is 6.54 Å². The van der Waals surface area contributed by atoms with Gasteiger partial charge in [-0.3, -0.25) is 0 Å². The quantitative estimate of drug-likeness (QED) is 0.679. The predicted octanol–water partition coefficient (Wildman–Crippen LogP) is 3.84. The number of halogens is 1. The molecule has 0 saturated carbocycles. The van der Waals surface area contributed by atoms with Crippen molar-refractivity contribution in [1.29, 1.82) is 0 Å². The molecule has 2 nitrogen and oxygen atoms in total. The Kier molecular flexibility index (Phi) is 2.82. The summed E-state index contributed by atoms with van der Waals surface area (Å²) in [6.45, 7) is 4.81. The molecule has 0 aliphatic carbocycles. The zero-order valence-electron chi connectivity index (χ0n) is 11.0. The van der Waals surface area contributed by atoms with Crippen molar-refractivity contribution in [3.63, 3.8) is 0 Å². The Labute approximate surface area is 111 Å². The van der Waals surface area contributed by atoms with Crippen LogP contribution >= 0.6 is 0 Å². The molecule has 0 fully saturated rings. The maximum atomic E-state index is 13.2. The van der Waals surface area contributed by atoms with E-state index in [0.29, 0.717) is 6.54 Å². The molecule has 2 aromatic carbocycles. The molecule has 96 valence electrons. The first-order chi connectivity index (χ1) is 9.13. The zero-order valence-corrected chi connectivity index (χ0v) is 11.0. The van der Waals surface area contributed by atoms with Crippen molar-refractivity contribution in [3.8, 4) is 0 Å². The molecule has 1 heterocycles. The van der Waals surface area contributed by atoms with Crippen LogP contribution in [0.1, 0.15) is 16.7 Å². The zero-order chi connectivity index (χ0) is 13.4. The van der Waals surface area contributed by atoms with Gasteiger partial charge in [0.2, 0.25) is 0 Å². The molecule has 0 aliphatic heterocycles. The number of aromatic nitrogens is 2. The summed E-state index contributed by atoms with van der Waals surface area (Å²) in [6.07, 6.45) is 1.81. The number of hydrogen-bond donors (Lipinski definition) is 0. The minimum Gasteiger partial charge on any atom is -0.326 e. The number of hydrogen-bond acceptors (Lipinski definition) is 1. The first-order valence-electron chi connectivity index (χ1n) is 6.30. The van der Waals surface area contributed by atoms with Crippen molar-refractivity contribution in [2.45, 2.75) is 20.4 Å². The fourth-order valence-electron chi connectivity index (χ4n) is 2.27. The molecule has 0 atom stereocenters. The second-order valence-electron chi connectivity index (χ2n) is 4.93. The van der Waals surface area contributed by atoms with Crippen LogP contribution in [-0.4, -0.2) is 9.55 Å². The summed E-state index contributed by atoms with van der Waals surface area (Å²) in [5.74, 6) is -0.200. The highest BCUT2D eigenvalue weighted by molar-refractivity contribution is 5.77. The van der Waals surface area contributed by atoms with Crippen molar-refractivity contribution in [2.75, 3.05) is 0 Å². The first-order valence-corrected chi connectivity index (χ1v) is 6.30. The SMILES string of the molecule is Cc1cc2ncn(Cc3cccc(F)c3)c2cc1C. The predicted molar refractivity (Wildman–Crippen MR) is 74.7 cm³/mol. The van der Waals surface area contributed by atoms with E-state index in [1.54, 1.807) is 12.1 Å². The number of nitrogens with zero attached hydrogens (tertiary/aromatic N) is 2. The molecule has 3 aromatic rings. The van der Waals surface area contributed by atoms with E-state index in [2.05, 4.69) is 35.5 Å². The van der Waals surface area contributed by atoms with E-state index in [4.69, 9.17) is 0 Å². The molecular formula is C16H15FN2.